The number of carbonyl (C=O) groups excluding carboxylic acids is 1. The molecule has 0 aliphatic carbocycles. The van der Waals surface area contributed by atoms with Crippen molar-refractivity contribution in [1.82, 2.24) is 10.2 Å². The lowest BCUT2D eigenvalue weighted by Crippen LogP contribution is -2.40. The fourth-order valence-electron chi connectivity index (χ4n) is 4.03. The van der Waals surface area contributed by atoms with Gasteiger partial charge in [-0.1, -0.05) is 65.7 Å². The first kappa shape index (κ1) is 26.2. The number of anilines is 1. The van der Waals surface area contributed by atoms with Crippen LogP contribution in [0.1, 0.15) is 16.7 Å². The molecule has 1 amide bonds. The van der Waals surface area contributed by atoms with Crippen molar-refractivity contribution in [1.29, 1.82) is 0 Å². The number of nitrogens with one attached hydrogen (secondary N) is 1. The number of benzene rings is 3. The number of nitrogens with zero attached hydrogens (tertiary/aromatic N) is 2. The molecule has 4 rings (SSSR count). The quantitative estimate of drug-likeness (QED) is 0.455. The maximum absolute atomic E-state index is 13.5. The maximum atomic E-state index is 13.5. The van der Waals surface area contributed by atoms with Crippen molar-refractivity contribution in [3.63, 3.8) is 0 Å². The normalized spacial score (nSPS) is 14.4. The molecule has 0 aromatic heterocycles. The molecule has 36 heavy (non-hydrogen) atoms. The molecule has 7 nitrogen and oxygen atoms in total. The number of hydrogen-bond acceptors (Lipinski definition) is 5. The van der Waals surface area contributed by atoms with Crippen LogP contribution in [0.4, 0.5) is 5.69 Å². The first-order valence-corrected chi connectivity index (χ1v) is 13.6. The number of para-hydroxylation sites is 1. The second-order valence-electron chi connectivity index (χ2n) is 8.76. The van der Waals surface area contributed by atoms with Gasteiger partial charge in [-0.15, -0.1) is 0 Å². The molecule has 3 aromatic carbocycles. The Morgan fingerprint density at radius 2 is 1.69 bits per heavy atom. The fourth-order valence-corrected chi connectivity index (χ4v) is 5.76. The Morgan fingerprint density at radius 3 is 2.42 bits per heavy atom. The summed E-state index contributed by atoms with van der Waals surface area (Å²) in [5.41, 5.74) is 3.29. The van der Waals surface area contributed by atoms with Crippen molar-refractivity contribution < 1.29 is 17.9 Å². The van der Waals surface area contributed by atoms with Crippen molar-refractivity contribution in [2.45, 2.75) is 24.9 Å². The molecule has 1 aliphatic heterocycles. The highest BCUT2D eigenvalue weighted by Crippen LogP contribution is 2.30. The molecule has 0 radical (unpaired) electrons. The van der Waals surface area contributed by atoms with Gasteiger partial charge in [0.15, 0.2) is 0 Å². The molecule has 1 saturated heterocycles. The summed E-state index contributed by atoms with van der Waals surface area (Å²) in [6.45, 7) is 5.87. The molecule has 0 saturated carbocycles. The zero-order chi connectivity index (χ0) is 25.5. The van der Waals surface area contributed by atoms with E-state index in [0.29, 0.717) is 0 Å². The molecule has 3 aromatic rings. The van der Waals surface area contributed by atoms with E-state index in [4.69, 9.17) is 16.3 Å². The molecule has 0 unspecified atom stereocenters. The van der Waals surface area contributed by atoms with Gasteiger partial charge in [0.1, 0.15) is 6.54 Å². The molecule has 9 heteroatoms. The van der Waals surface area contributed by atoms with Crippen LogP contribution >= 0.6 is 11.6 Å². The van der Waals surface area contributed by atoms with Crippen molar-refractivity contribution in [3.05, 3.63) is 94.5 Å². The Morgan fingerprint density at radius 1 is 1.00 bits per heavy atom. The van der Waals surface area contributed by atoms with Gasteiger partial charge < -0.3 is 10.1 Å². The molecule has 0 bridgehead atoms. The van der Waals surface area contributed by atoms with Crippen molar-refractivity contribution >= 4 is 33.2 Å². The Kier molecular flexibility index (Phi) is 8.64. The van der Waals surface area contributed by atoms with Gasteiger partial charge in [-0.3, -0.25) is 14.0 Å². The van der Waals surface area contributed by atoms with Gasteiger partial charge in [-0.25, -0.2) is 8.42 Å². The Bertz CT molecular complexity index is 1290. The number of hydrogen-bond donors (Lipinski definition) is 1. The van der Waals surface area contributed by atoms with Crippen LogP contribution in [0.15, 0.2) is 77.7 Å². The first-order valence-electron chi connectivity index (χ1n) is 11.8. The minimum Gasteiger partial charge on any atom is -0.379 e. The van der Waals surface area contributed by atoms with E-state index in [1.165, 1.54) is 12.1 Å². The van der Waals surface area contributed by atoms with Crippen molar-refractivity contribution in [2.75, 3.05) is 37.2 Å². The van der Waals surface area contributed by atoms with E-state index >= 15 is 0 Å². The monoisotopic (exact) mass is 527 g/mol. The van der Waals surface area contributed by atoms with Crippen LogP contribution in [0.5, 0.6) is 0 Å². The van der Waals surface area contributed by atoms with Crippen LogP contribution in [0.2, 0.25) is 5.02 Å². The highest BCUT2D eigenvalue weighted by molar-refractivity contribution is 7.92. The Hall–Kier alpha value is -2.91. The molecule has 190 valence electrons. The van der Waals surface area contributed by atoms with Gasteiger partial charge in [0.2, 0.25) is 5.91 Å². The summed E-state index contributed by atoms with van der Waals surface area (Å²) in [5, 5.41) is 3.11. The van der Waals surface area contributed by atoms with E-state index in [-0.39, 0.29) is 22.2 Å². The molecule has 1 fully saturated rings. The average Bonchev–Trinajstić information content (AvgIpc) is 2.88. The summed E-state index contributed by atoms with van der Waals surface area (Å²) in [6.07, 6.45) is 0. The molecule has 1 heterocycles. The SMILES string of the molecule is Cc1ccc(S(=O)(=O)N(CC(=O)NCc2cccc(CN3CCOCC3)c2)c2ccccc2Cl)cc1. The molecular weight excluding hydrogens is 498 g/mol. The van der Waals surface area contributed by atoms with Crippen LogP contribution < -0.4 is 9.62 Å². The Balaban J connectivity index is 1.47. The second-order valence-corrected chi connectivity index (χ2v) is 11.0. The van der Waals surface area contributed by atoms with Gasteiger partial charge in [-0.05, 0) is 42.3 Å². The van der Waals surface area contributed by atoms with E-state index in [2.05, 4.69) is 22.3 Å². The van der Waals surface area contributed by atoms with Gasteiger partial charge >= 0.3 is 0 Å². The van der Waals surface area contributed by atoms with Crippen LogP contribution in [-0.4, -0.2) is 52.1 Å². The minimum absolute atomic E-state index is 0.0941. The molecular formula is C27H30ClN3O4S. The zero-order valence-electron chi connectivity index (χ0n) is 20.2. The standard InChI is InChI=1S/C27H30ClN3O4S/c1-21-9-11-24(12-10-21)36(33,34)31(26-8-3-2-7-25(26)28)20-27(32)29-18-22-5-4-6-23(17-22)19-30-13-15-35-16-14-30/h2-12,17H,13-16,18-20H2,1H3,(H,29,32). The lowest BCUT2D eigenvalue weighted by molar-refractivity contribution is -0.119. The number of sulfonamides is 1. The van der Waals surface area contributed by atoms with Crippen LogP contribution in [0, 0.1) is 6.92 Å². The smallest absolute Gasteiger partial charge is 0.264 e. The van der Waals surface area contributed by atoms with Gasteiger partial charge in [0.25, 0.3) is 10.0 Å². The highest BCUT2D eigenvalue weighted by atomic mass is 35.5. The predicted molar refractivity (Wildman–Crippen MR) is 142 cm³/mol. The number of rotatable bonds is 9. The lowest BCUT2D eigenvalue weighted by atomic mass is 10.1. The third kappa shape index (κ3) is 6.64. The number of carbonyl (C=O) groups is 1. The fraction of sp³-hybridized carbons (Fsp3) is 0.296. The van der Waals surface area contributed by atoms with E-state index in [1.54, 1.807) is 36.4 Å². The number of morpholine rings is 1. The number of aryl methyl sites for hydroxylation is 1. The third-order valence-corrected chi connectivity index (χ3v) is 8.10. The van der Waals surface area contributed by atoms with E-state index < -0.39 is 22.5 Å². The number of ether oxygens (including phenoxy) is 1. The molecule has 0 spiro atoms. The van der Waals surface area contributed by atoms with E-state index in [9.17, 15) is 13.2 Å². The summed E-state index contributed by atoms with van der Waals surface area (Å²) in [7, 11) is -4.02. The van der Waals surface area contributed by atoms with Gasteiger partial charge in [-0.2, -0.15) is 0 Å². The van der Waals surface area contributed by atoms with Crippen LogP contribution in [-0.2, 0) is 32.6 Å². The van der Waals surface area contributed by atoms with Gasteiger partial charge in [0, 0.05) is 26.2 Å². The predicted octanol–water partition coefficient (Wildman–Crippen LogP) is 3.99. The second kappa shape index (κ2) is 11.9. The minimum atomic E-state index is -4.02. The molecule has 1 N–H and O–H groups in total. The lowest BCUT2D eigenvalue weighted by Gasteiger charge is -2.26. The highest BCUT2D eigenvalue weighted by Gasteiger charge is 2.28. The largest absolute Gasteiger partial charge is 0.379 e. The summed E-state index contributed by atoms with van der Waals surface area (Å²) in [5.74, 6) is -0.427. The topological polar surface area (TPSA) is 79.0 Å². The average molecular weight is 528 g/mol. The zero-order valence-corrected chi connectivity index (χ0v) is 21.8. The van der Waals surface area contributed by atoms with Crippen LogP contribution in [0.3, 0.4) is 0 Å². The summed E-state index contributed by atoms with van der Waals surface area (Å²) < 4.78 is 33.5. The molecule has 0 atom stereocenters. The van der Waals surface area contributed by atoms with Crippen molar-refractivity contribution in [3.8, 4) is 0 Å². The van der Waals surface area contributed by atoms with Crippen molar-refractivity contribution in [2.24, 2.45) is 0 Å². The Labute approximate surface area is 217 Å². The van der Waals surface area contributed by atoms with E-state index in [0.717, 1.165) is 53.8 Å². The summed E-state index contributed by atoms with van der Waals surface area (Å²) >= 11 is 6.34. The first-order chi connectivity index (χ1) is 17.3. The van der Waals surface area contributed by atoms with Gasteiger partial charge in [0.05, 0.1) is 28.8 Å². The number of amides is 1. The molecule has 1 aliphatic rings. The number of halogens is 1. The maximum Gasteiger partial charge on any atom is 0.264 e. The summed E-state index contributed by atoms with van der Waals surface area (Å²) in [4.78, 5) is 15.4. The van der Waals surface area contributed by atoms with Crippen LogP contribution in [0.25, 0.3) is 0 Å². The third-order valence-electron chi connectivity index (χ3n) is 6.01. The van der Waals surface area contributed by atoms with E-state index in [1.807, 2.05) is 19.1 Å². The summed E-state index contributed by atoms with van der Waals surface area (Å²) in [6, 6.07) is 21.2.